The Morgan fingerprint density at radius 1 is 0.617 bits per heavy atom. The molecular weight excluding hydrogens is 629 g/mol. The fourth-order valence-corrected chi connectivity index (χ4v) is 6.07. The predicted octanol–water partition coefficient (Wildman–Crippen LogP) is 9.71. The topological polar surface area (TPSA) is 78.9 Å². The molecular formula is C39H40O6S2. The predicted molar refractivity (Wildman–Crippen MR) is 194 cm³/mol. The van der Waals surface area contributed by atoms with Crippen LogP contribution in [0.1, 0.15) is 48.9 Å². The Kier molecular flexibility index (Phi) is 14.7. The van der Waals surface area contributed by atoms with E-state index in [0.29, 0.717) is 25.4 Å². The van der Waals surface area contributed by atoms with Gasteiger partial charge < -0.3 is 14.2 Å². The van der Waals surface area contributed by atoms with Crippen LogP contribution in [0.15, 0.2) is 115 Å². The zero-order chi connectivity index (χ0) is 33.3. The van der Waals surface area contributed by atoms with E-state index in [0.717, 1.165) is 82.6 Å². The van der Waals surface area contributed by atoms with Crippen LogP contribution in [-0.4, -0.2) is 41.8 Å². The zero-order valence-electron chi connectivity index (χ0n) is 26.5. The third-order valence-corrected chi connectivity index (χ3v) is 9.11. The Labute approximate surface area is 285 Å². The molecule has 0 atom stereocenters. The average molecular weight is 669 g/mol. The number of hydrogen-bond donors (Lipinski definition) is 0. The van der Waals surface area contributed by atoms with Crippen molar-refractivity contribution in [2.75, 3.05) is 25.6 Å². The first-order chi connectivity index (χ1) is 22.9. The van der Waals surface area contributed by atoms with Gasteiger partial charge in [0.2, 0.25) is 10.2 Å². The standard InChI is InChI=1S/C39H40O6S2/c1-3-37(40)45-25-8-6-5-7-23-43-34-18-13-29(14-19-34)30-16-21-36(22-17-30)47-39(42)33-12-11-32-28-35(20-15-31(32)27-33)44-24-9-10-26-46-38(41)4-2/h3-4,11-22,27-28H,1-2,5-10,23-26H2. The second kappa shape index (κ2) is 19.4. The molecule has 47 heavy (non-hydrogen) atoms. The molecule has 4 aromatic carbocycles. The molecule has 0 unspecified atom stereocenters. The van der Waals surface area contributed by atoms with E-state index in [2.05, 4.69) is 13.2 Å². The summed E-state index contributed by atoms with van der Waals surface area (Å²) in [6, 6.07) is 27.6. The van der Waals surface area contributed by atoms with E-state index in [4.69, 9.17) is 14.2 Å². The molecule has 4 rings (SSSR count). The molecule has 0 N–H and O–H groups in total. The minimum atomic E-state index is -0.375. The molecule has 0 saturated carbocycles. The lowest BCUT2D eigenvalue weighted by molar-refractivity contribution is -0.137. The Bertz CT molecular complexity index is 1650. The zero-order valence-corrected chi connectivity index (χ0v) is 28.1. The summed E-state index contributed by atoms with van der Waals surface area (Å²) in [6.07, 6.45) is 8.05. The van der Waals surface area contributed by atoms with Gasteiger partial charge in [-0.05, 0) is 127 Å². The second-order valence-corrected chi connectivity index (χ2v) is 12.9. The van der Waals surface area contributed by atoms with Crippen LogP contribution in [-0.2, 0) is 14.3 Å². The van der Waals surface area contributed by atoms with Crippen molar-refractivity contribution < 1.29 is 28.6 Å². The van der Waals surface area contributed by atoms with E-state index in [1.807, 2.05) is 84.9 Å². The number of ether oxygens (including phenoxy) is 3. The van der Waals surface area contributed by atoms with Gasteiger partial charge in [-0.2, -0.15) is 0 Å². The first-order valence-electron chi connectivity index (χ1n) is 15.8. The van der Waals surface area contributed by atoms with Crippen LogP contribution in [0, 0.1) is 0 Å². The summed E-state index contributed by atoms with van der Waals surface area (Å²) in [5.41, 5.74) is 2.79. The molecule has 0 aliphatic carbocycles. The van der Waals surface area contributed by atoms with Crippen LogP contribution in [0.2, 0.25) is 0 Å². The molecule has 0 radical (unpaired) electrons. The SMILES string of the molecule is C=CC(=O)OCCCCCCOc1ccc(-c2ccc(SC(=O)c3ccc4cc(OCCCCSC(=O)C=C)ccc4c3)cc2)cc1. The highest BCUT2D eigenvalue weighted by Gasteiger charge is 2.10. The third-order valence-electron chi connectivity index (χ3n) is 7.24. The molecule has 0 amide bonds. The normalized spacial score (nSPS) is 10.7. The Hall–Kier alpha value is -4.27. The van der Waals surface area contributed by atoms with Crippen LogP contribution in [0.25, 0.3) is 21.9 Å². The molecule has 0 fully saturated rings. The summed E-state index contributed by atoms with van der Waals surface area (Å²) in [6.45, 7) is 8.51. The number of hydrogen-bond acceptors (Lipinski definition) is 8. The van der Waals surface area contributed by atoms with Crippen molar-refractivity contribution in [3.8, 4) is 22.6 Å². The summed E-state index contributed by atoms with van der Waals surface area (Å²) >= 11 is 2.50. The van der Waals surface area contributed by atoms with Crippen molar-refractivity contribution in [1.82, 2.24) is 0 Å². The van der Waals surface area contributed by atoms with Crippen LogP contribution in [0.5, 0.6) is 11.5 Å². The van der Waals surface area contributed by atoms with Crippen LogP contribution in [0.4, 0.5) is 0 Å². The number of fused-ring (bicyclic) bond motifs is 1. The fraction of sp³-hybridized carbons (Fsp3) is 0.256. The molecule has 4 aromatic rings. The number of carbonyl (C=O) groups is 3. The van der Waals surface area contributed by atoms with Crippen molar-refractivity contribution in [2.45, 2.75) is 43.4 Å². The van der Waals surface area contributed by atoms with Gasteiger partial charge in [0.1, 0.15) is 11.5 Å². The quantitative estimate of drug-likeness (QED) is 0.0423. The minimum absolute atomic E-state index is 0.00225. The molecule has 0 aliphatic rings. The van der Waals surface area contributed by atoms with Crippen molar-refractivity contribution in [3.05, 3.63) is 116 Å². The van der Waals surface area contributed by atoms with E-state index in [-0.39, 0.29) is 16.2 Å². The summed E-state index contributed by atoms with van der Waals surface area (Å²) in [5, 5.41) is 1.99. The minimum Gasteiger partial charge on any atom is -0.494 e. The highest BCUT2D eigenvalue weighted by Crippen LogP contribution is 2.29. The summed E-state index contributed by atoms with van der Waals surface area (Å²) in [4.78, 5) is 36.3. The number of unbranched alkanes of at least 4 members (excludes halogenated alkanes) is 4. The monoisotopic (exact) mass is 668 g/mol. The number of carbonyl (C=O) groups excluding carboxylic acids is 3. The molecule has 244 valence electrons. The maximum atomic E-state index is 13.1. The summed E-state index contributed by atoms with van der Waals surface area (Å²) in [5.74, 6) is 2.00. The van der Waals surface area contributed by atoms with E-state index in [1.165, 1.54) is 35.7 Å². The molecule has 0 bridgehead atoms. The summed E-state index contributed by atoms with van der Waals surface area (Å²) in [7, 11) is 0. The average Bonchev–Trinajstić information content (AvgIpc) is 3.10. The summed E-state index contributed by atoms with van der Waals surface area (Å²) < 4.78 is 16.7. The Morgan fingerprint density at radius 3 is 1.91 bits per heavy atom. The van der Waals surface area contributed by atoms with E-state index in [9.17, 15) is 14.4 Å². The van der Waals surface area contributed by atoms with Crippen molar-refractivity contribution in [2.24, 2.45) is 0 Å². The van der Waals surface area contributed by atoms with Crippen LogP contribution < -0.4 is 9.47 Å². The lowest BCUT2D eigenvalue weighted by Gasteiger charge is -2.09. The lowest BCUT2D eigenvalue weighted by atomic mass is 10.1. The van der Waals surface area contributed by atoms with Crippen LogP contribution in [0.3, 0.4) is 0 Å². The lowest BCUT2D eigenvalue weighted by Crippen LogP contribution is -2.02. The highest BCUT2D eigenvalue weighted by molar-refractivity contribution is 8.14. The largest absolute Gasteiger partial charge is 0.494 e. The third kappa shape index (κ3) is 12.1. The van der Waals surface area contributed by atoms with E-state index >= 15 is 0 Å². The van der Waals surface area contributed by atoms with Gasteiger partial charge >= 0.3 is 5.97 Å². The van der Waals surface area contributed by atoms with Gasteiger partial charge in [-0.1, -0.05) is 61.3 Å². The van der Waals surface area contributed by atoms with E-state index in [1.54, 1.807) is 0 Å². The Morgan fingerprint density at radius 2 is 1.21 bits per heavy atom. The number of thioether (sulfide) groups is 2. The van der Waals surface area contributed by atoms with Gasteiger partial charge in [-0.25, -0.2) is 4.79 Å². The molecule has 0 aromatic heterocycles. The van der Waals surface area contributed by atoms with Gasteiger partial charge in [0.25, 0.3) is 0 Å². The number of esters is 1. The smallest absolute Gasteiger partial charge is 0.330 e. The molecule has 0 saturated heterocycles. The maximum Gasteiger partial charge on any atom is 0.330 e. The van der Waals surface area contributed by atoms with E-state index < -0.39 is 0 Å². The maximum absolute atomic E-state index is 13.1. The van der Waals surface area contributed by atoms with Crippen molar-refractivity contribution in [3.63, 3.8) is 0 Å². The van der Waals surface area contributed by atoms with Crippen molar-refractivity contribution in [1.29, 1.82) is 0 Å². The number of benzene rings is 4. The molecule has 0 heterocycles. The van der Waals surface area contributed by atoms with Crippen molar-refractivity contribution >= 4 is 50.5 Å². The Balaban J connectivity index is 1.19. The van der Waals surface area contributed by atoms with Gasteiger partial charge in [0, 0.05) is 22.3 Å². The molecule has 0 aliphatic heterocycles. The number of rotatable bonds is 19. The van der Waals surface area contributed by atoms with Crippen LogP contribution >= 0.6 is 23.5 Å². The van der Waals surface area contributed by atoms with Gasteiger partial charge in [-0.3, -0.25) is 9.59 Å². The second-order valence-electron chi connectivity index (χ2n) is 10.7. The highest BCUT2D eigenvalue weighted by atomic mass is 32.2. The molecule has 0 spiro atoms. The first-order valence-corrected chi connectivity index (χ1v) is 17.6. The molecule has 8 heteroatoms. The van der Waals surface area contributed by atoms with Gasteiger partial charge in [0.05, 0.1) is 19.8 Å². The van der Waals surface area contributed by atoms with Gasteiger partial charge in [-0.15, -0.1) is 0 Å². The van der Waals surface area contributed by atoms with Gasteiger partial charge in [0.15, 0.2) is 0 Å². The first kappa shape index (κ1) is 35.6. The fourth-order valence-electron chi connectivity index (χ4n) is 4.67. The molecule has 6 nitrogen and oxygen atoms in total.